The molecule has 100 valence electrons. The minimum Gasteiger partial charge on any atom is -0.399 e. The molecule has 0 unspecified atom stereocenters. The predicted molar refractivity (Wildman–Crippen MR) is 64.9 cm³/mol. The Labute approximate surface area is 109 Å². The van der Waals surface area contributed by atoms with Crippen molar-refractivity contribution in [2.75, 3.05) is 18.9 Å². The number of benzene rings is 1. The number of hydrogen-bond acceptors (Lipinski definition) is 4. The summed E-state index contributed by atoms with van der Waals surface area (Å²) in [6.45, 7) is 0.477. The van der Waals surface area contributed by atoms with E-state index in [-0.39, 0.29) is 23.9 Å². The van der Waals surface area contributed by atoms with Crippen molar-refractivity contribution in [3.05, 3.63) is 23.0 Å². The van der Waals surface area contributed by atoms with Crippen molar-refractivity contribution in [1.29, 1.82) is 0 Å². The normalized spacial score (nSPS) is 17.9. The summed E-state index contributed by atoms with van der Waals surface area (Å²) in [5.41, 5.74) is 5.56. The van der Waals surface area contributed by atoms with Crippen LogP contribution in [0.4, 0.5) is 10.1 Å². The van der Waals surface area contributed by atoms with Crippen LogP contribution in [0.1, 0.15) is 12.8 Å². The molecule has 1 aliphatic heterocycles. The van der Waals surface area contributed by atoms with Crippen LogP contribution in [0.2, 0.25) is 5.02 Å². The first kappa shape index (κ1) is 13.5. The molecule has 0 aliphatic carbocycles. The molecule has 2 rings (SSSR count). The molecule has 0 aromatic heterocycles. The maximum atomic E-state index is 13.8. The number of sulfonamides is 1. The molecule has 1 fully saturated rings. The van der Waals surface area contributed by atoms with E-state index < -0.39 is 20.7 Å². The highest BCUT2D eigenvalue weighted by Gasteiger charge is 2.31. The molecule has 2 N–H and O–H groups in total. The molecule has 1 saturated heterocycles. The number of hydrogen-bond donors (Lipinski definition) is 1. The van der Waals surface area contributed by atoms with Gasteiger partial charge in [0.15, 0.2) is 5.82 Å². The topological polar surface area (TPSA) is 72.6 Å². The van der Waals surface area contributed by atoms with Crippen LogP contribution in [0.25, 0.3) is 0 Å². The van der Waals surface area contributed by atoms with Gasteiger partial charge < -0.3 is 5.73 Å². The second-order valence-corrected chi connectivity index (χ2v) is 6.09. The minimum atomic E-state index is -4.07. The van der Waals surface area contributed by atoms with Crippen LogP contribution in [-0.2, 0) is 14.9 Å². The molecule has 1 heterocycles. The average molecular weight is 295 g/mol. The van der Waals surface area contributed by atoms with Gasteiger partial charge in [0.05, 0.1) is 11.6 Å². The van der Waals surface area contributed by atoms with Gasteiger partial charge in [0.25, 0.3) is 10.0 Å². The van der Waals surface area contributed by atoms with Crippen molar-refractivity contribution in [2.24, 2.45) is 0 Å². The smallest absolute Gasteiger partial charge is 0.268 e. The van der Waals surface area contributed by atoms with Crippen molar-refractivity contribution >= 4 is 27.3 Å². The molecule has 1 aliphatic rings. The lowest BCUT2D eigenvalue weighted by molar-refractivity contribution is -0.109. The molecule has 5 nitrogen and oxygen atoms in total. The zero-order valence-corrected chi connectivity index (χ0v) is 11.0. The fraction of sp³-hybridized carbons (Fsp3) is 0.400. The zero-order chi connectivity index (χ0) is 13.3. The molecule has 1 aromatic carbocycles. The Hall–Kier alpha value is -0.890. The average Bonchev–Trinajstić information content (AvgIpc) is 2.34. The Morgan fingerprint density at radius 3 is 2.72 bits per heavy atom. The number of hydroxylamine groups is 1. The summed E-state index contributed by atoms with van der Waals surface area (Å²) in [5.74, 6) is -1.01. The van der Waals surface area contributed by atoms with Crippen LogP contribution in [0.3, 0.4) is 0 Å². The van der Waals surface area contributed by atoms with Gasteiger partial charge in [0.2, 0.25) is 0 Å². The Kier molecular flexibility index (Phi) is 3.76. The summed E-state index contributed by atoms with van der Waals surface area (Å²) in [6.07, 6.45) is 1.43. The van der Waals surface area contributed by atoms with Gasteiger partial charge in [0, 0.05) is 12.2 Å². The van der Waals surface area contributed by atoms with E-state index in [1.165, 1.54) is 0 Å². The summed E-state index contributed by atoms with van der Waals surface area (Å²) in [6, 6.07) is 2.20. The summed E-state index contributed by atoms with van der Waals surface area (Å²) in [5, 5.41) is -0.328. The van der Waals surface area contributed by atoms with Crippen LogP contribution in [0.5, 0.6) is 0 Å². The molecule has 0 radical (unpaired) electrons. The van der Waals surface area contributed by atoms with Crippen LogP contribution in [0, 0.1) is 5.82 Å². The molecule has 1 aromatic rings. The van der Waals surface area contributed by atoms with Gasteiger partial charge in [0.1, 0.15) is 4.90 Å². The number of nitrogens with zero attached hydrogens (tertiary/aromatic N) is 1. The quantitative estimate of drug-likeness (QED) is 0.844. The maximum absolute atomic E-state index is 13.8. The molecular weight excluding hydrogens is 283 g/mol. The monoisotopic (exact) mass is 294 g/mol. The molecular formula is C10H12ClFN2O3S. The van der Waals surface area contributed by atoms with E-state index in [1.807, 2.05) is 0 Å². The van der Waals surface area contributed by atoms with E-state index in [1.54, 1.807) is 0 Å². The number of anilines is 1. The predicted octanol–water partition coefficient (Wildman–Crippen LogP) is 1.78. The van der Waals surface area contributed by atoms with Gasteiger partial charge in [-0.3, -0.25) is 4.84 Å². The number of nitrogen functional groups attached to an aromatic ring is 1. The van der Waals surface area contributed by atoms with Crippen molar-refractivity contribution in [3.8, 4) is 0 Å². The van der Waals surface area contributed by atoms with Gasteiger partial charge in [-0.1, -0.05) is 16.1 Å². The van der Waals surface area contributed by atoms with Crippen molar-refractivity contribution in [1.82, 2.24) is 4.47 Å². The fourth-order valence-electron chi connectivity index (χ4n) is 1.64. The first-order valence-corrected chi connectivity index (χ1v) is 7.15. The molecule has 18 heavy (non-hydrogen) atoms. The third kappa shape index (κ3) is 2.44. The minimum absolute atomic E-state index is 0.0805. The van der Waals surface area contributed by atoms with Crippen LogP contribution < -0.4 is 5.73 Å². The standard InChI is InChI=1S/C10H12ClFN2O3S/c11-8-5-7(13)6-9(10(8)12)18(15,16)14-3-1-2-4-17-14/h5-6H,1-4,13H2. The fourth-order valence-corrected chi connectivity index (χ4v) is 3.35. The number of halogens is 2. The molecule has 8 heteroatoms. The van der Waals surface area contributed by atoms with E-state index in [0.29, 0.717) is 6.42 Å². The van der Waals surface area contributed by atoms with E-state index in [2.05, 4.69) is 0 Å². The second-order valence-electron chi connectivity index (χ2n) is 3.89. The summed E-state index contributed by atoms with van der Waals surface area (Å²) >= 11 is 5.59. The third-order valence-electron chi connectivity index (χ3n) is 2.53. The van der Waals surface area contributed by atoms with Gasteiger partial charge >= 0.3 is 0 Å². The highest BCUT2D eigenvalue weighted by Crippen LogP contribution is 2.29. The van der Waals surface area contributed by atoms with Crippen molar-refractivity contribution in [3.63, 3.8) is 0 Å². The maximum Gasteiger partial charge on any atom is 0.268 e. The van der Waals surface area contributed by atoms with E-state index in [0.717, 1.165) is 23.0 Å². The van der Waals surface area contributed by atoms with Gasteiger partial charge in [-0.2, -0.15) is 0 Å². The van der Waals surface area contributed by atoms with Gasteiger partial charge in [-0.25, -0.2) is 12.8 Å². The van der Waals surface area contributed by atoms with Gasteiger partial charge in [-0.15, -0.1) is 0 Å². The highest BCUT2D eigenvalue weighted by atomic mass is 35.5. The molecule has 0 amide bonds. The number of nitrogens with two attached hydrogens (primary N) is 1. The molecule has 0 atom stereocenters. The van der Waals surface area contributed by atoms with Crippen LogP contribution >= 0.6 is 11.6 Å². The molecule has 0 saturated carbocycles. The summed E-state index contributed by atoms with van der Waals surface area (Å²) in [7, 11) is -4.07. The van der Waals surface area contributed by atoms with E-state index in [4.69, 9.17) is 22.2 Å². The first-order valence-electron chi connectivity index (χ1n) is 5.33. The zero-order valence-electron chi connectivity index (χ0n) is 9.40. The second kappa shape index (κ2) is 5.00. The van der Waals surface area contributed by atoms with E-state index >= 15 is 0 Å². The summed E-state index contributed by atoms with van der Waals surface area (Å²) in [4.78, 5) is 4.47. The Bertz CT molecular complexity index is 558. The van der Waals surface area contributed by atoms with Crippen LogP contribution in [0.15, 0.2) is 17.0 Å². The van der Waals surface area contributed by atoms with Crippen LogP contribution in [-0.4, -0.2) is 26.0 Å². The molecule has 0 spiro atoms. The van der Waals surface area contributed by atoms with E-state index in [9.17, 15) is 12.8 Å². The summed E-state index contributed by atoms with van der Waals surface area (Å²) < 4.78 is 38.9. The third-order valence-corrected chi connectivity index (χ3v) is 4.49. The Morgan fingerprint density at radius 2 is 2.11 bits per heavy atom. The van der Waals surface area contributed by atoms with Gasteiger partial charge in [-0.05, 0) is 25.0 Å². The molecule has 0 bridgehead atoms. The lowest BCUT2D eigenvalue weighted by Gasteiger charge is -2.25. The van der Waals surface area contributed by atoms with Crippen molar-refractivity contribution < 1.29 is 17.6 Å². The lowest BCUT2D eigenvalue weighted by atomic mass is 10.3. The van der Waals surface area contributed by atoms with Crippen molar-refractivity contribution in [2.45, 2.75) is 17.7 Å². The highest BCUT2D eigenvalue weighted by molar-refractivity contribution is 7.89. The Balaban J connectivity index is 2.46. The lowest BCUT2D eigenvalue weighted by Crippen LogP contribution is -2.36. The SMILES string of the molecule is Nc1cc(Cl)c(F)c(S(=O)(=O)N2CCCCO2)c1. The largest absolute Gasteiger partial charge is 0.399 e. The first-order chi connectivity index (χ1) is 8.43. The Morgan fingerprint density at radius 1 is 1.39 bits per heavy atom. The number of rotatable bonds is 2.